The fourth-order valence-corrected chi connectivity index (χ4v) is 3.36. The molecule has 4 heteroatoms. The fraction of sp³-hybridized carbons (Fsp3) is 0.409. The summed E-state index contributed by atoms with van der Waals surface area (Å²) in [5.41, 5.74) is 1.96. The van der Waals surface area contributed by atoms with Crippen LogP contribution in [0.1, 0.15) is 28.8 Å². The van der Waals surface area contributed by atoms with Crippen LogP contribution in [0.5, 0.6) is 5.75 Å². The Hall–Kier alpha value is -2.33. The number of benzene rings is 2. The van der Waals surface area contributed by atoms with Gasteiger partial charge in [0.15, 0.2) is 0 Å². The molecule has 0 radical (unpaired) electrons. The minimum atomic E-state index is 0.156. The van der Waals surface area contributed by atoms with Crippen molar-refractivity contribution >= 4 is 5.91 Å². The predicted molar refractivity (Wildman–Crippen MR) is 105 cm³/mol. The molecule has 1 N–H and O–H groups in total. The van der Waals surface area contributed by atoms with Gasteiger partial charge in [0.2, 0.25) is 0 Å². The maximum Gasteiger partial charge on any atom is 0.253 e. The molecule has 0 aromatic heterocycles. The second kappa shape index (κ2) is 9.39. The molecule has 1 aliphatic rings. The van der Waals surface area contributed by atoms with Crippen LogP contribution in [0.4, 0.5) is 0 Å². The molecule has 26 heavy (non-hydrogen) atoms. The van der Waals surface area contributed by atoms with E-state index in [9.17, 15) is 4.79 Å². The van der Waals surface area contributed by atoms with Crippen molar-refractivity contribution in [3.05, 3.63) is 65.7 Å². The molecule has 1 aliphatic heterocycles. The zero-order valence-corrected chi connectivity index (χ0v) is 15.5. The van der Waals surface area contributed by atoms with Crippen LogP contribution in [-0.4, -0.2) is 43.6 Å². The third-order valence-corrected chi connectivity index (χ3v) is 4.99. The summed E-state index contributed by atoms with van der Waals surface area (Å²) in [6.45, 7) is 6.27. The van der Waals surface area contributed by atoms with Crippen molar-refractivity contribution in [3.63, 3.8) is 0 Å². The van der Waals surface area contributed by atoms with Crippen LogP contribution in [0.25, 0.3) is 0 Å². The Morgan fingerprint density at radius 3 is 2.50 bits per heavy atom. The SMILES string of the molecule is Cc1ccccc1OCCNCC1CCN(C(=O)c2ccccc2)CC1. The van der Waals surface area contributed by atoms with Crippen LogP contribution in [0, 0.1) is 12.8 Å². The average molecular weight is 352 g/mol. The van der Waals surface area contributed by atoms with E-state index in [4.69, 9.17) is 4.74 Å². The summed E-state index contributed by atoms with van der Waals surface area (Å²) < 4.78 is 5.81. The van der Waals surface area contributed by atoms with E-state index in [0.29, 0.717) is 12.5 Å². The van der Waals surface area contributed by atoms with E-state index < -0.39 is 0 Å². The van der Waals surface area contributed by atoms with Crippen molar-refractivity contribution in [1.29, 1.82) is 0 Å². The number of carbonyl (C=O) groups excluding carboxylic acids is 1. The summed E-state index contributed by atoms with van der Waals surface area (Å²) in [5.74, 6) is 1.75. The molecule has 1 saturated heterocycles. The fourth-order valence-electron chi connectivity index (χ4n) is 3.36. The van der Waals surface area contributed by atoms with Gasteiger partial charge in [0.05, 0.1) is 0 Å². The monoisotopic (exact) mass is 352 g/mol. The number of piperidine rings is 1. The minimum absolute atomic E-state index is 0.156. The highest BCUT2D eigenvalue weighted by molar-refractivity contribution is 5.94. The minimum Gasteiger partial charge on any atom is -0.492 e. The number of rotatable bonds is 7. The molecule has 0 saturated carbocycles. The summed E-state index contributed by atoms with van der Waals surface area (Å²) in [5, 5.41) is 3.49. The van der Waals surface area contributed by atoms with E-state index in [1.165, 1.54) is 5.56 Å². The first-order chi connectivity index (χ1) is 12.7. The van der Waals surface area contributed by atoms with Crippen LogP contribution in [0.15, 0.2) is 54.6 Å². The molecule has 1 heterocycles. The van der Waals surface area contributed by atoms with Crippen LogP contribution in [0.2, 0.25) is 0 Å². The number of nitrogens with zero attached hydrogens (tertiary/aromatic N) is 1. The lowest BCUT2D eigenvalue weighted by Gasteiger charge is -2.32. The van der Waals surface area contributed by atoms with E-state index in [-0.39, 0.29) is 5.91 Å². The van der Waals surface area contributed by atoms with Gasteiger partial charge in [-0.3, -0.25) is 4.79 Å². The van der Waals surface area contributed by atoms with Crippen molar-refractivity contribution in [3.8, 4) is 5.75 Å². The van der Waals surface area contributed by atoms with Crippen LogP contribution >= 0.6 is 0 Å². The van der Waals surface area contributed by atoms with Gasteiger partial charge < -0.3 is 15.0 Å². The molecule has 2 aromatic carbocycles. The molecule has 0 unspecified atom stereocenters. The third kappa shape index (κ3) is 5.09. The highest BCUT2D eigenvalue weighted by Crippen LogP contribution is 2.19. The molecular weight excluding hydrogens is 324 g/mol. The number of amides is 1. The summed E-state index contributed by atoms with van der Waals surface area (Å²) in [4.78, 5) is 14.4. The highest BCUT2D eigenvalue weighted by Gasteiger charge is 2.23. The summed E-state index contributed by atoms with van der Waals surface area (Å²) in [6.07, 6.45) is 2.12. The van der Waals surface area contributed by atoms with Gasteiger partial charge in [-0.15, -0.1) is 0 Å². The lowest BCUT2D eigenvalue weighted by atomic mass is 9.96. The van der Waals surface area contributed by atoms with Gasteiger partial charge in [0.1, 0.15) is 12.4 Å². The normalized spacial score (nSPS) is 15.0. The lowest BCUT2D eigenvalue weighted by molar-refractivity contribution is 0.0690. The standard InChI is InChI=1S/C22H28N2O2/c1-18-7-5-6-10-21(18)26-16-13-23-17-19-11-14-24(15-12-19)22(25)20-8-3-2-4-9-20/h2-10,19,23H,11-17H2,1H3. The first kappa shape index (κ1) is 18.5. The van der Waals surface area contributed by atoms with Gasteiger partial charge >= 0.3 is 0 Å². The highest BCUT2D eigenvalue weighted by atomic mass is 16.5. The zero-order valence-electron chi connectivity index (χ0n) is 15.5. The van der Waals surface area contributed by atoms with E-state index >= 15 is 0 Å². The van der Waals surface area contributed by atoms with Gasteiger partial charge in [-0.05, 0) is 56.0 Å². The topological polar surface area (TPSA) is 41.6 Å². The summed E-state index contributed by atoms with van der Waals surface area (Å²) in [7, 11) is 0. The van der Waals surface area contributed by atoms with Gasteiger partial charge in [0.25, 0.3) is 5.91 Å². The molecule has 138 valence electrons. The van der Waals surface area contributed by atoms with Gasteiger partial charge in [0, 0.05) is 25.2 Å². The maximum atomic E-state index is 12.5. The molecular formula is C22H28N2O2. The molecule has 2 aromatic rings. The number of hydrogen-bond donors (Lipinski definition) is 1. The van der Waals surface area contributed by atoms with Crippen molar-refractivity contribution in [2.75, 3.05) is 32.8 Å². The van der Waals surface area contributed by atoms with E-state index in [2.05, 4.69) is 18.3 Å². The molecule has 3 rings (SSSR count). The number of nitrogens with one attached hydrogen (secondary N) is 1. The Morgan fingerprint density at radius 1 is 1.08 bits per heavy atom. The van der Waals surface area contributed by atoms with Crippen molar-refractivity contribution in [2.45, 2.75) is 19.8 Å². The Bertz CT molecular complexity index is 694. The van der Waals surface area contributed by atoms with E-state index in [0.717, 1.165) is 50.3 Å². The first-order valence-corrected chi connectivity index (χ1v) is 9.47. The number of likely N-dealkylation sites (tertiary alicyclic amines) is 1. The number of carbonyl (C=O) groups is 1. The summed E-state index contributed by atoms with van der Waals surface area (Å²) >= 11 is 0. The second-order valence-electron chi connectivity index (χ2n) is 6.92. The molecule has 0 atom stereocenters. The van der Waals surface area contributed by atoms with E-state index in [1.807, 2.05) is 53.4 Å². The van der Waals surface area contributed by atoms with Gasteiger partial charge in [-0.2, -0.15) is 0 Å². The molecule has 1 amide bonds. The Labute approximate surface area is 156 Å². The number of hydrogen-bond acceptors (Lipinski definition) is 3. The molecule has 0 bridgehead atoms. The van der Waals surface area contributed by atoms with Gasteiger partial charge in [-0.1, -0.05) is 36.4 Å². The van der Waals surface area contributed by atoms with E-state index in [1.54, 1.807) is 0 Å². The molecule has 4 nitrogen and oxygen atoms in total. The summed E-state index contributed by atoms with van der Waals surface area (Å²) in [6, 6.07) is 17.7. The number of para-hydroxylation sites is 1. The predicted octanol–water partition coefficient (Wildman–Crippen LogP) is 3.52. The average Bonchev–Trinajstić information content (AvgIpc) is 2.70. The van der Waals surface area contributed by atoms with Crippen molar-refractivity contribution < 1.29 is 9.53 Å². The maximum absolute atomic E-state index is 12.5. The van der Waals surface area contributed by atoms with Crippen LogP contribution < -0.4 is 10.1 Å². The number of ether oxygens (including phenoxy) is 1. The Balaban J connectivity index is 1.32. The quantitative estimate of drug-likeness (QED) is 0.775. The van der Waals surface area contributed by atoms with Crippen molar-refractivity contribution in [1.82, 2.24) is 10.2 Å². The smallest absolute Gasteiger partial charge is 0.253 e. The second-order valence-corrected chi connectivity index (χ2v) is 6.92. The lowest BCUT2D eigenvalue weighted by Crippen LogP contribution is -2.41. The Kier molecular flexibility index (Phi) is 6.67. The Morgan fingerprint density at radius 2 is 1.77 bits per heavy atom. The molecule has 0 aliphatic carbocycles. The number of aryl methyl sites for hydroxylation is 1. The first-order valence-electron chi connectivity index (χ1n) is 9.47. The zero-order chi connectivity index (χ0) is 18.2. The largest absolute Gasteiger partial charge is 0.492 e. The molecule has 1 fully saturated rings. The van der Waals surface area contributed by atoms with Crippen LogP contribution in [-0.2, 0) is 0 Å². The van der Waals surface area contributed by atoms with Gasteiger partial charge in [-0.25, -0.2) is 0 Å². The molecule has 0 spiro atoms. The van der Waals surface area contributed by atoms with Crippen molar-refractivity contribution in [2.24, 2.45) is 5.92 Å². The van der Waals surface area contributed by atoms with Crippen LogP contribution in [0.3, 0.4) is 0 Å². The third-order valence-electron chi connectivity index (χ3n) is 4.99.